The molecule has 1 heterocycles. The van der Waals surface area contributed by atoms with Crippen molar-refractivity contribution in [2.75, 3.05) is 12.4 Å². The summed E-state index contributed by atoms with van der Waals surface area (Å²) in [5.74, 6) is 2.32. The highest BCUT2D eigenvalue weighted by molar-refractivity contribution is 7.99. The first kappa shape index (κ1) is 22.9. The van der Waals surface area contributed by atoms with Gasteiger partial charge in [0.05, 0.1) is 12.4 Å². The second-order valence-corrected chi connectivity index (χ2v) is 8.65. The molecule has 1 atom stereocenters. The van der Waals surface area contributed by atoms with Crippen molar-refractivity contribution < 1.29 is 9.53 Å². The number of aromatic nitrogens is 3. The zero-order valence-electron chi connectivity index (χ0n) is 18.5. The quantitative estimate of drug-likeness (QED) is 0.472. The molecule has 3 rings (SSSR count). The van der Waals surface area contributed by atoms with E-state index in [1.54, 1.807) is 0 Å². The van der Waals surface area contributed by atoms with E-state index in [-0.39, 0.29) is 17.7 Å². The SMILES string of the molecule is CCOc1ccc(-n2c(Cc3ccccc3)nnc2SCC(=O)NC(C)C(C)C)cc1. The second kappa shape index (κ2) is 11.0. The summed E-state index contributed by atoms with van der Waals surface area (Å²) in [4.78, 5) is 12.4. The van der Waals surface area contributed by atoms with Crippen LogP contribution >= 0.6 is 11.8 Å². The van der Waals surface area contributed by atoms with Gasteiger partial charge in [0.2, 0.25) is 5.91 Å². The van der Waals surface area contributed by atoms with E-state index in [0.29, 0.717) is 24.1 Å². The van der Waals surface area contributed by atoms with Crippen LogP contribution in [0, 0.1) is 5.92 Å². The Morgan fingerprint density at radius 2 is 1.77 bits per heavy atom. The Morgan fingerprint density at radius 1 is 1.06 bits per heavy atom. The van der Waals surface area contributed by atoms with Crippen LogP contribution in [-0.4, -0.2) is 39.1 Å². The van der Waals surface area contributed by atoms with Crippen LogP contribution in [0.5, 0.6) is 5.75 Å². The first-order valence-corrected chi connectivity index (χ1v) is 11.6. The van der Waals surface area contributed by atoms with Gasteiger partial charge in [0.1, 0.15) is 11.6 Å². The van der Waals surface area contributed by atoms with Crippen molar-refractivity contribution in [3.8, 4) is 11.4 Å². The highest BCUT2D eigenvalue weighted by Crippen LogP contribution is 2.25. The van der Waals surface area contributed by atoms with Gasteiger partial charge < -0.3 is 10.1 Å². The highest BCUT2D eigenvalue weighted by Gasteiger charge is 2.17. The minimum absolute atomic E-state index is 0.00273. The van der Waals surface area contributed by atoms with Gasteiger partial charge in [0, 0.05) is 18.2 Å². The number of hydrogen-bond donors (Lipinski definition) is 1. The average molecular weight is 439 g/mol. The van der Waals surface area contributed by atoms with Gasteiger partial charge in [-0.1, -0.05) is 55.9 Å². The molecule has 3 aromatic rings. The smallest absolute Gasteiger partial charge is 0.230 e. The van der Waals surface area contributed by atoms with E-state index in [1.165, 1.54) is 11.8 Å². The molecule has 0 radical (unpaired) electrons. The molecular formula is C24H30N4O2S. The Morgan fingerprint density at radius 3 is 2.42 bits per heavy atom. The van der Waals surface area contributed by atoms with Gasteiger partial charge in [-0.3, -0.25) is 9.36 Å². The molecule has 0 saturated carbocycles. The predicted octanol–water partition coefficient (Wildman–Crippen LogP) is 4.51. The lowest BCUT2D eigenvalue weighted by atomic mass is 10.1. The number of carbonyl (C=O) groups is 1. The Hall–Kier alpha value is -2.80. The Labute approximate surface area is 188 Å². The van der Waals surface area contributed by atoms with Crippen LogP contribution in [0.3, 0.4) is 0 Å². The summed E-state index contributed by atoms with van der Waals surface area (Å²) in [6, 6.07) is 18.2. The van der Waals surface area contributed by atoms with Crippen LogP contribution in [0.2, 0.25) is 0 Å². The molecule has 164 valence electrons. The van der Waals surface area contributed by atoms with Gasteiger partial charge in [0.15, 0.2) is 5.16 Å². The molecule has 31 heavy (non-hydrogen) atoms. The average Bonchev–Trinajstić information content (AvgIpc) is 3.16. The third-order valence-electron chi connectivity index (χ3n) is 5.03. The summed E-state index contributed by atoms with van der Waals surface area (Å²) >= 11 is 1.40. The molecule has 0 bridgehead atoms. The summed E-state index contributed by atoms with van der Waals surface area (Å²) in [7, 11) is 0. The summed E-state index contributed by atoms with van der Waals surface area (Å²) in [6.07, 6.45) is 0.651. The minimum atomic E-state index is -0.00273. The number of nitrogens with zero attached hydrogens (tertiary/aromatic N) is 3. The van der Waals surface area contributed by atoms with E-state index in [1.807, 2.05) is 60.9 Å². The van der Waals surface area contributed by atoms with Crippen molar-refractivity contribution in [1.82, 2.24) is 20.1 Å². The maximum Gasteiger partial charge on any atom is 0.230 e. The molecule has 6 nitrogen and oxygen atoms in total. The maximum absolute atomic E-state index is 12.4. The van der Waals surface area contributed by atoms with E-state index in [9.17, 15) is 4.79 Å². The van der Waals surface area contributed by atoms with Crippen molar-refractivity contribution in [2.45, 2.75) is 45.3 Å². The largest absolute Gasteiger partial charge is 0.494 e. The Balaban J connectivity index is 1.83. The third-order valence-corrected chi connectivity index (χ3v) is 5.96. The number of thioether (sulfide) groups is 1. The van der Waals surface area contributed by atoms with Gasteiger partial charge >= 0.3 is 0 Å². The topological polar surface area (TPSA) is 69.0 Å². The van der Waals surface area contributed by atoms with Crippen LogP contribution in [0.15, 0.2) is 59.8 Å². The zero-order chi connectivity index (χ0) is 22.2. The molecule has 0 aliphatic heterocycles. The zero-order valence-corrected chi connectivity index (χ0v) is 19.4. The Bertz CT molecular complexity index is 971. The van der Waals surface area contributed by atoms with E-state index < -0.39 is 0 Å². The Kier molecular flexibility index (Phi) is 8.12. The lowest BCUT2D eigenvalue weighted by Crippen LogP contribution is -2.37. The molecule has 1 amide bonds. The number of benzene rings is 2. The van der Waals surface area contributed by atoms with Crippen LogP contribution in [-0.2, 0) is 11.2 Å². The fourth-order valence-electron chi connectivity index (χ4n) is 3.00. The molecule has 0 saturated heterocycles. The van der Waals surface area contributed by atoms with Gasteiger partial charge in [-0.25, -0.2) is 0 Å². The van der Waals surface area contributed by atoms with Gasteiger partial charge in [0.25, 0.3) is 0 Å². The van der Waals surface area contributed by atoms with E-state index in [4.69, 9.17) is 4.74 Å². The standard InChI is InChI=1S/C24H30N4O2S/c1-5-30-21-13-11-20(12-14-21)28-22(15-19-9-7-6-8-10-19)26-27-24(28)31-16-23(29)25-18(4)17(2)3/h6-14,17-18H,5,15-16H2,1-4H3,(H,25,29). The van der Waals surface area contributed by atoms with Crippen LogP contribution in [0.4, 0.5) is 0 Å². The molecule has 0 spiro atoms. The highest BCUT2D eigenvalue weighted by atomic mass is 32.2. The van der Waals surface area contributed by atoms with Gasteiger partial charge in [-0.2, -0.15) is 0 Å². The minimum Gasteiger partial charge on any atom is -0.494 e. The lowest BCUT2D eigenvalue weighted by Gasteiger charge is -2.17. The van der Waals surface area contributed by atoms with E-state index in [0.717, 1.165) is 22.8 Å². The molecule has 2 aromatic carbocycles. The maximum atomic E-state index is 12.4. The van der Waals surface area contributed by atoms with Crippen LogP contribution in [0.25, 0.3) is 5.69 Å². The number of hydrogen-bond acceptors (Lipinski definition) is 5. The summed E-state index contributed by atoms with van der Waals surface area (Å²) in [5, 5.41) is 12.6. The summed E-state index contributed by atoms with van der Waals surface area (Å²) in [6.45, 7) is 8.79. The summed E-state index contributed by atoms with van der Waals surface area (Å²) in [5.41, 5.74) is 2.10. The van der Waals surface area contributed by atoms with Crippen LogP contribution in [0.1, 0.15) is 39.1 Å². The number of rotatable bonds is 10. The number of nitrogens with one attached hydrogen (secondary N) is 1. The molecule has 1 aromatic heterocycles. The molecule has 0 fully saturated rings. The van der Waals surface area contributed by atoms with Crippen molar-refractivity contribution in [2.24, 2.45) is 5.92 Å². The molecular weight excluding hydrogens is 408 g/mol. The predicted molar refractivity (Wildman–Crippen MR) is 125 cm³/mol. The van der Waals surface area contributed by atoms with Gasteiger partial charge in [-0.05, 0) is 49.6 Å². The second-order valence-electron chi connectivity index (χ2n) is 7.71. The first-order chi connectivity index (χ1) is 15.0. The number of carbonyl (C=O) groups excluding carboxylic acids is 1. The van der Waals surface area contributed by atoms with Crippen LogP contribution < -0.4 is 10.1 Å². The fourth-order valence-corrected chi connectivity index (χ4v) is 3.78. The fraction of sp³-hybridized carbons (Fsp3) is 0.375. The number of ether oxygens (including phenoxy) is 1. The molecule has 1 N–H and O–H groups in total. The van der Waals surface area contributed by atoms with Crippen molar-refractivity contribution in [3.05, 3.63) is 66.0 Å². The molecule has 1 unspecified atom stereocenters. The van der Waals surface area contributed by atoms with Crippen molar-refractivity contribution in [1.29, 1.82) is 0 Å². The lowest BCUT2D eigenvalue weighted by molar-refractivity contribution is -0.119. The molecule has 7 heteroatoms. The first-order valence-electron chi connectivity index (χ1n) is 10.6. The third kappa shape index (κ3) is 6.34. The van der Waals surface area contributed by atoms with Crippen molar-refractivity contribution >= 4 is 17.7 Å². The molecule has 0 aliphatic carbocycles. The van der Waals surface area contributed by atoms with E-state index in [2.05, 4.69) is 41.5 Å². The monoisotopic (exact) mass is 438 g/mol. The van der Waals surface area contributed by atoms with Gasteiger partial charge in [-0.15, -0.1) is 10.2 Å². The van der Waals surface area contributed by atoms with Crippen molar-refractivity contribution in [3.63, 3.8) is 0 Å². The normalized spacial score (nSPS) is 12.0. The summed E-state index contributed by atoms with van der Waals surface area (Å²) < 4.78 is 7.59. The molecule has 0 aliphatic rings. The number of amides is 1. The van der Waals surface area contributed by atoms with E-state index >= 15 is 0 Å².